The lowest BCUT2D eigenvalue weighted by molar-refractivity contribution is -0.125. The number of hydrogen-bond acceptors (Lipinski definition) is 5. The minimum absolute atomic E-state index is 0.0357. The number of allylic oxidation sites excluding steroid dienone is 1. The maximum Gasteiger partial charge on any atom is 0.246 e. The summed E-state index contributed by atoms with van der Waals surface area (Å²) in [4.78, 5) is 25.7. The molecule has 6 N–H and O–H groups in total. The average Bonchev–Trinajstić information content (AvgIpc) is 3.84. The fraction of sp³-hybridized carbons (Fsp3) is 0.650. The van der Waals surface area contributed by atoms with Gasteiger partial charge in [-0.2, -0.15) is 0 Å². The molecule has 1 aromatic rings. The lowest BCUT2D eigenvalue weighted by Crippen LogP contribution is -2.54. The van der Waals surface area contributed by atoms with Crippen molar-refractivity contribution >= 4 is 11.8 Å². The molecular weight excluding hydrogens is 582 g/mol. The largest absolute Gasteiger partial charge is 0.382 e. The first-order chi connectivity index (χ1) is 22.0. The van der Waals surface area contributed by atoms with E-state index in [1.165, 1.54) is 18.4 Å². The number of benzene rings is 1. The fourth-order valence-corrected chi connectivity index (χ4v) is 6.78. The van der Waals surface area contributed by atoms with Gasteiger partial charge in [0.1, 0.15) is 6.04 Å². The molecule has 2 amide bonds. The maximum absolute atomic E-state index is 13.7. The highest BCUT2D eigenvalue weighted by Crippen LogP contribution is 2.36. The van der Waals surface area contributed by atoms with Crippen molar-refractivity contribution in [3.8, 4) is 0 Å². The van der Waals surface area contributed by atoms with Crippen molar-refractivity contribution in [1.82, 2.24) is 21.3 Å². The van der Waals surface area contributed by atoms with Gasteiger partial charge in [0, 0.05) is 29.8 Å². The van der Waals surface area contributed by atoms with E-state index in [1.54, 1.807) is 0 Å². The lowest BCUT2D eigenvalue weighted by atomic mass is 9.78. The van der Waals surface area contributed by atoms with Crippen LogP contribution in [-0.4, -0.2) is 36.5 Å². The van der Waals surface area contributed by atoms with E-state index < -0.39 is 11.9 Å². The summed E-state index contributed by atoms with van der Waals surface area (Å²) in [6.07, 6.45) is 6.04. The first kappa shape index (κ1) is 40.0. The highest BCUT2D eigenvalue weighted by Gasteiger charge is 2.34. The second-order valence-electron chi connectivity index (χ2n) is 15.5. The molecule has 0 bridgehead atoms. The molecule has 1 aliphatic carbocycles. The van der Waals surface area contributed by atoms with Crippen LogP contribution in [0.3, 0.4) is 0 Å². The molecule has 0 saturated heterocycles. The Morgan fingerprint density at radius 3 is 2.04 bits per heavy atom. The summed E-state index contributed by atoms with van der Waals surface area (Å²) in [5, 5.41) is 13.9. The molecule has 2 rings (SSSR count). The first-order valence-electron chi connectivity index (χ1n) is 18.0. The lowest BCUT2D eigenvalue weighted by Gasteiger charge is -2.36. The molecule has 1 aromatic carbocycles. The highest BCUT2D eigenvalue weighted by molar-refractivity contribution is 5.92. The zero-order chi connectivity index (χ0) is 35.5. The third-order valence-electron chi connectivity index (χ3n) is 10.3. The number of rotatable bonds is 22. The molecule has 0 radical (unpaired) electrons. The molecule has 264 valence electrons. The van der Waals surface area contributed by atoms with Crippen molar-refractivity contribution < 1.29 is 9.59 Å². The quantitative estimate of drug-likeness (QED) is 0.0843. The molecule has 7 nitrogen and oxygen atoms in total. The van der Waals surface area contributed by atoms with E-state index in [4.69, 9.17) is 5.73 Å². The predicted octanol–water partition coefficient (Wildman–Crippen LogP) is 7.39. The molecule has 7 atom stereocenters. The van der Waals surface area contributed by atoms with Crippen LogP contribution in [0.1, 0.15) is 112 Å². The molecule has 0 aromatic heterocycles. The number of carbonyl (C=O) groups excluding carboxylic acids is 2. The van der Waals surface area contributed by atoms with Gasteiger partial charge in [0.25, 0.3) is 0 Å². The Bertz CT molecular complexity index is 1180. The Hall–Kier alpha value is -3.22. The van der Waals surface area contributed by atoms with Crippen LogP contribution in [0, 0.1) is 35.0 Å². The van der Waals surface area contributed by atoms with Crippen LogP contribution >= 0.6 is 0 Å². The molecular formula is C40H67N5O2. The summed E-state index contributed by atoms with van der Waals surface area (Å²) in [5.41, 5.74) is 7.89. The minimum atomic E-state index is -0.467. The van der Waals surface area contributed by atoms with Crippen molar-refractivity contribution in [3.63, 3.8) is 0 Å². The van der Waals surface area contributed by atoms with Gasteiger partial charge in [-0.25, -0.2) is 0 Å². The second kappa shape index (κ2) is 18.4. The zero-order valence-corrected chi connectivity index (χ0v) is 31.0. The van der Waals surface area contributed by atoms with Crippen LogP contribution < -0.4 is 27.0 Å². The van der Waals surface area contributed by atoms with Gasteiger partial charge in [-0.3, -0.25) is 9.59 Å². The average molecular weight is 650 g/mol. The van der Waals surface area contributed by atoms with Gasteiger partial charge in [-0.15, -0.1) is 0 Å². The molecule has 6 unspecified atom stereocenters. The smallest absolute Gasteiger partial charge is 0.246 e. The van der Waals surface area contributed by atoms with Crippen molar-refractivity contribution in [1.29, 1.82) is 0 Å². The molecule has 47 heavy (non-hydrogen) atoms. The summed E-state index contributed by atoms with van der Waals surface area (Å²) in [7, 11) is 0. The van der Waals surface area contributed by atoms with E-state index in [0.717, 1.165) is 31.4 Å². The standard InChI is InChI=1S/C40H67N5O2/c1-13-26(5)34(27(6)29(8)43-35(24-31-20-21-31)28(7)38(41)46)22-23-42-39(47)37(40(10,11)12)45-30(9)44-36(25(3)4)33(14-2)32-18-16-15-17-19-32/h15-19,25-27,31,33-37,43-45H,7-9,13-14,20-24H2,1-6,10-12H3,(H2,41,46)(H,42,47)/t26-,27?,33?,34?,35?,36?,37?/m1/s1. The highest BCUT2D eigenvalue weighted by atomic mass is 16.2. The van der Waals surface area contributed by atoms with Crippen molar-refractivity contribution in [2.24, 2.45) is 40.7 Å². The van der Waals surface area contributed by atoms with Gasteiger partial charge < -0.3 is 27.0 Å². The van der Waals surface area contributed by atoms with Crippen LogP contribution in [0.15, 0.2) is 67.2 Å². The normalized spacial score (nSPS) is 17.7. The Kier molecular flexibility index (Phi) is 15.6. The third kappa shape index (κ3) is 12.4. The van der Waals surface area contributed by atoms with E-state index in [0.29, 0.717) is 41.6 Å². The van der Waals surface area contributed by atoms with Crippen LogP contribution in [0.5, 0.6) is 0 Å². The van der Waals surface area contributed by atoms with Crippen LogP contribution in [0.2, 0.25) is 0 Å². The van der Waals surface area contributed by atoms with E-state index in [1.807, 2.05) is 0 Å². The molecule has 0 aliphatic heterocycles. The SMILES string of the molecule is C=C(NC(C(C)C)C(CC)c1ccccc1)NC(C(=O)NCCC(C(C)C(=C)NC(CC1CC1)C(=C)C(N)=O)[C@H](C)CC)C(C)(C)C. The molecule has 0 spiro atoms. The van der Waals surface area contributed by atoms with E-state index >= 15 is 0 Å². The van der Waals surface area contributed by atoms with E-state index in [9.17, 15) is 9.59 Å². The zero-order valence-electron chi connectivity index (χ0n) is 31.0. The van der Waals surface area contributed by atoms with Gasteiger partial charge in [0.2, 0.25) is 11.8 Å². The monoisotopic (exact) mass is 650 g/mol. The van der Waals surface area contributed by atoms with Gasteiger partial charge in [0.15, 0.2) is 0 Å². The Morgan fingerprint density at radius 1 is 0.936 bits per heavy atom. The maximum atomic E-state index is 13.7. The summed E-state index contributed by atoms with van der Waals surface area (Å²) in [5.74, 6) is 2.30. The number of amides is 2. The van der Waals surface area contributed by atoms with E-state index in [2.05, 4.69) is 134 Å². The predicted molar refractivity (Wildman–Crippen MR) is 198 cm³/mol. The Labute approximate surface area is 287 Å². The van der Waals surface area contributed by atoms with Crippen LogP contribution in [0.4, 0.5) is 0 Å². The summed E-state index contributed by atoms with van der Waals surface area (Å²) < 4.78 is 0. The minimum Gasteiger partial charge on any atom is -0.382 e. The number of nitrogens with two attached hydrogens (primary N) is 1. The first-order valence-corrected chi connectivity index (χ1v) is 18.0. The van der Waals surface area contributed by atoms with Crippen LogP contribution in [0.25, 0.3) is 0 Å². The molecule has 1 aliphatic rings. The molecule has 1 saturated carbocycles. The van der Waals surface area contributed by atoms with Crippen LogP contribution in [-0.2, 0) is 9.59 Å². The van der Waals surface area contributed by atoms with E-state index in [-0.39, 0.29) is 35.2 Å². The van der Waals surface area contributed by atoms with Crippen molar-refractivity contribution in [2.75, 3.05) is 6.54 Å². The summed E-state index contributed by atoms with van der Waals surface area (Å²) in [6, 6.07) is 10.1. The number of hydrogen-bond donors (Lipinski definition) is 5. The number of primary amides is 1. The molecule has 0 heterocycles. The topological polar surface area (TPSA) is 108 Å². The summed E-state index contributed by atoms with van der Waals surface area (Å²) in [6.45, 7) is 32.8. The molecule has 7 heteroatoms. The second-order valence-corrected chi connectivity index (χ2v) is 15.5. The number of carbonyl (C=O) groups is 2. The van der Waals surface area contributed by atoms with Gasteiger partial charge in [0.05, 0.1) is 11.9 Å². The third-order valence-corrected chi connectivity index (χ3v) is 10.3. The van der Waals surface area contributed by atoms with Gasteiger partial charge in [-0.05, 0) is 59.8 Å². The summed E-state index contributed by atoms with van der Waals surface area (Å²) >= 11 is 0. The number of nitrogens with one attached hydrogen (secondary N) is 4. The molecule has 1 fully saturated rings. The van der Waals surface area contributed by atoms with Gasteiger partial charge >= 0.3 is 0 Å². The van der Waals surface area contributed by atoms with Crippen molar-refractivity contribution in [3.05, 3.63) is 72.7 Å². The van der Waals surface area contributed by atoms with Gasteiger partial charge in [-0.1, -0.05) is 132 Å². The fourth-order valence-electron chi connectivity index (χ4n) is 6.78. The Morgan fingerprint density at radius 2 is 1.55 bits per heavy atom. The van der Waals surface area contributed by atoms with Crippen molar-refractivity contribution in [2.45, 2.75) is 125 Å². The Balaban J connectivity index is 2.08.